The molecule has 0 saturated heterocycles. The first kappa shape index (κ1) is 24.5. The highest BCUT2D eigenvalue weighted by Gasteiger charge is 2.91. The fourth-order valence-electron chi connectivity index (χ4n) is 1.50. The molecule has 0 bridgehead atoms. The number of halogens is 15. The van der Waals surface area contributed by atoms with Crippen molar-refractivity contribution in [1.29, 1.82) is 0 Å². The van der Waals surface area contributed by atoms with E-state index in [1.54, 1.807) is 0 Å². The molecule has 148 valence electrons. The van der Waals surface area contributed by atoms with Crippen molar-refractivity contribution in [3.8, 4) is 0 Å². The van der Waals surface area contributed by atoms with Crippen LogP contribution in [0, 0.1) is 5.41 Å². The van der Waals surface area contributed by atoms with Gasteiger partial charge in [-0.3, -0.25) is 0 Å². The number of hydrogen-bond acceptors (Lipinski definition) is 0. The van der Waals surface area contributed by atoms with E-state index in [4.69, 9.17) is 0 Å². The standard InChI is InChI=1S/C10H3Br2F13/c11-4(12)2-1-3-5(8(17,18)19,9(20,21)22)6(13,14)7(15,16)10(23,24)25/h1-3H/b3-1+. The van der Waals surface area contributed by atoms with E-state index in [1.165, 1.54) is 0 Å². The van der Waals surface area contributed by atoms with Gasteiger partial charge in [0.2, 0.25) is 5.41 Å². The second-order valence-corrected chi connectivity index (χ2v) is 7.04. The summed E-state index contributed by atoms with van der Waals surface area (Å²) in [5, 5.41) is 0. The van der Waals surface area contributed by atoms with Crippen LogP contribution in [0.15, 0.2) is 21.6 Å². The summed E-state index contributed by atoms with van der Waals surface area (Å²) in [6, 6.07) is 0. The largest absolute Gasteiger partial charge is 0.459 e. The maximum absolute atomic E-state index is 13.5. The molecule has 0 amide bonds. The SMILES string of the molecule is FC(F)(F)C(F)(F)C(F)(F)C(/C=C/C=C(Br)Br)(C(F)(F)F)C(F)(F)F. The molecule has 0 heterocycles. The van der Waals surface area contributed by atoms with Gasteiger partial charge in [-0.05, 0) is 37.9 Å². The first-order chi connectivity index (χ1) is 10.7. The molecular formula is C10H3Br2F13. The number of rotatable bonds is 4. The third kappa shape index (κ3) is 4.11. The third-order valence-electron chi connectivity index (χ3n) is 2.71. The number of hydrogen-bond donors (Lipinski definition) is 0. The zero-order valence-corrected chi connectivity index (χ0v) is 14.1. The number of alkyl halides is 13. The number of allylic oxidation sites excluding steroid dienone is 3. The van der Waals surface area contributed by atoms with Gasteiger partial charge in [-0.15, -0.1) is 0 Å². The van der Waals surface area contributed by atoms with Crippen molar-refractivity contribution in [2.45, 2.75) is 30.4 Å². The van der Waals surface area contributed by atoms with Crippen molar-refractivity contribution in [2.24, 2.45) is 5.41 Å². The molecule has 0 atom stereocenters. The molecule has 0 aliphatic heterocycles. The molecule has 0 aliphatic carbocycles. The van der Waals surface area contributed by atoms with Gasteiger partial charge in [0, 0.05) is 0 Å². The van der Waals surface area contributed by atoms with Crippen molar-refractivity contribution in [2.75, 3.05) is 0 Å². The molecule has 0 aromatic carbocycles. The van der Waals surface area contributed by atoms with Crippen molar-refractivity contribution >= 4 is 31.9 Å². The molecule has 25 heavy (non-hydrogen) atoms. The van der Waals surface area contributed by atoms with Gasteiger partial charge in [-0.2, -0.15) is 57.1 Å². The Hall–Kier alpha value is -0.470. The first-order valence-corrected chi connectivity index (χ1v) is 6.91. The van der Waals surface area contributed by atoms with E-state index in [9.17, 15) is 57.1 Å². The summed E-state index contributed by atoms with van der Waals surface area (Å²) >= 11 is 4.83. The highest BCUT2D eigenvalue weighted by Crippen LogP contribution is 2.66. The first-order valence-electron chi connectivity index (χ1n) is 5.33. The monoisotopic (exact) mass is 528 g/mol. The fourth-order valence-corrected chi connectivity index (χ4v) is 1.81. The smallest absolute Gasteiger partial charge is 0.198 e. The molecule has 0 N–H and O–H groups in total. The Labute approximate surface area is 147 Å². The van der Waals surface area contributed by atoms with Gasteiger partial charge in [0.15, 0.2) is 0 Å². The molecule has 0 spiro atoms. The van der Waals surface area contributed by atoms with Crippen LogP contribution >= 0.6 is 31.9 Å². The molecule has 0 saturated carbocycles. The van der Waals surface area contributed by atoms with Crippen LogP contribution < -0.4 is 0 Å². The molecule has 15 heteroatoms. The molecule has 0 aliphatic rings. The Morgan fingerprint density at radius 2 is 0.920 bits per heavy atom. The van der Waals surface area contributed by atoms with Gasteiger partial charge in [-0.1, -0.05) is 12.2 Å². The minimum absolute atomic E-state index is 0.230. The normalized spacial score (nSPS) is 15.6. The van der Waals surface area contributed by atoms with Crippen molar-refractivity contribution in [3.63, 3.8) is 0 Å². The lowest BCUT2D eigenvalue weighted by atomic mass is 9.75. The van der Waals surface area contributed by atoms with E-state index in [0.29, 0.717) is 0 Å². The van der Waals surface area contributed by atoms with Crippen molar-refractivity contribution in [1.82, 2.24) is 0 Å². The van der Waals surface area contributed by atoms with Crippen LogP contribution in [0.25, 0.3) is 0 Å². The van der Waals surface area contributed by atoms with Crippen LogP contribution in [-0.2, 0) is 0 Å². The average molecular weight is 530 g/mol. The van der Waals surface area contributed by atoms with E-state index >= 15 is 0 Å². The lowest BCUT2D eigenvalue weighted by Gasteiger charge is -2.43. The summed E-state index contributed by atoms with van der Waals surface area (Å²) in [6.45, 7) is 0. The van der Waals surface area contributed by atoms with E-state index < -0.39 is 51.3 Å². The van der Waals surface area contributed by atoms with E-state index in [0.717, 1.165) is 0 Å². The van der Waals surface area contributed by atoms with Gasteiger partial charge < -0.3 is 0 Å². The van der Waals surface area contributed by atoms with Gasteiger partial charge in [0.25, 0.3) is 0 Å². The van der Waals surface area contributed by atoms with Gasteiger partial charge >= 0.3 is 30.4 Å². The zero-order valence-electron chi connectivity index (χ0n) is 10.9. The quantitative estimate of drug-likeness (QED) is 0.269. The second-order valence-electron chi connectivity index (χ2n) is 4.27. The predicted molar refractivity (Wildman–Crippen MR) is 65.6 cm³/mol. The van der Waals surface area contributed by atoms with E-state index in [-0.39, 0.29) is 6.08 Å². The average Bonchev–Trinajstić information content (AvgIpc) is 2.28. The molecule has 0 radical (unpaired) electrons. The van der Waals surface area contributed by atoms with Crippen LogP contribution in [0.4, 0.5) is 57.1 Å². The molecule has 0 nitrogen and oxygen atoms in total. The Kier molecular flexibility index (Phi) is 6.79. The third-order valence-corrected chi connectivity index (χ3v) is 3.24. The van der Waals surface area contributed by atoms with Crippen LogP contribution in [0.5, 0.6) is 0 Å². The van der Waals surface area contributed by atoms with E-state index in [1.807, 2.05) is 0 Å². The predicted octanol–water partition coefficient (Wildman–Crippen LogP) is 7.12. The summed E-state index contributed by atoms with van der Waals surface area (Å²) in [5.41, 5.74) is -6.82. The molecule has 0 aromatic heterocycles. The summed E-state index contributed by atoms with van der Waals surface area (Å²) in [5.74, 6) is -15.3. The highest BCUT2D eigenvalue weighted by atomic mass is 79.9. The summed E-state index contributed by atoms with van der Waals surface area (Å²) in [4.78, 5) is 0. The summed E-state index contributed by atoms with van der Waals surface area (Å²) in [7, 11) is 0. The van der Waals surface area contributed by atoms with Gasteiger partial charge in [0.05, 0.1) is 3.39 Å². The molecule has 0 fully saturated rings. The van der Waals surface area contributed by atoms with Crippen LogP contribution in [0.1, 0.15) is 0 Å². The maximum Gasteiger partial charge on any atom is 0.459 e. The van der Waals surface area contributed by atoms with Crippen LogP contribution in [0.3, 0.4) is 0 Å². The van der Waals surface area contributed by atoms with Gasteiger partial charge in [-0.25, -0.2) is 0 Å². The topological polar surface area (TPSA) is 0 Å². The van der Waals surface area contributed by atoms with E-state index in [2.05, 4.69) is 31.9 Å². The Balaban J connectivity index is 7.00. The van der Waals surface area contributed by atoms with Crippen molar-refractivity contribution < 1.29 is 57.1 Å². The van der Waals surface area contributed by atoms with Crippen LogP contribution in [0.2, 0.25) is 0 Å². The second kappa shape index (κ2) is 6.93. The summed E-state index contributed by atoms with van der Waals surface area (Å²) in [6.07, 6.45) is -23.6. The molecule has 0 aromatic rings. The maximum atomic E-state index is 13.5. The minimum Gasteiger partial charge on any atom is -0.198 e. The van der Waals surface area contributed by atoms with Gasteiger partial charge in [0.1, 0.15) is 0 Å². The Bertz CT molecular complexity index is 516. The minimum atomic E-state index is -7.65. The molecule has 0 unspecified atom stereocenters. The Morgan fingerprint density at radius 3 is 1.16 bits per heavy atom. The molecule has 0 rings (SSSR count). The molecular weight excluding hydrogens is 527 g/mol. The lowest BCUT2D eigenvalue weighted by Crippen LogP contribution is -2.69. The van der Waals surface area contributed by atoms with Crippen LogP contribution in [-0.4, -0.2) is 30.4 Å². The zero-order chi connectivity index (χ0) is 20.7. The fraction of sp³-hybridized carbons (Fsp3) is 0.600. The highest BCUT2D eigenvalue weighted by molar-refractivity contribution is 9.28. The Morgan fingerprint density at radius 1 is 0.560 bits per heavy atom. The van der Waals surface area contributed by atoms with Crippen molar-refractivity contribution in [3.05, 3.63) is 21.6 Å². The lowest BCUT2D eigenvalue weighted by molar-refractivity contribution is -0.446. The summed E-state index contributed by atoms with van der Waals surface area (Å²) < 4.78 is 166.